The van der Waals surface area contributed by atoms with E-state index in [1.807, 2.05) is 0 Å². The van der Waals surface area contributed by atoms with Gasteiger partial charge in [0, 0.05) is 6.54 Å². The highest BCUT2D eigenvalue weighted by atomic mass is 16.4. The van der Waals surface area contributed by atoms with E-state index in [9.17, 15) is 9.90 Å². The summed E-state index contributed by atoms with van der Waals surface area (Å²) < 4.78 is 2.84. The zero-order valence-electron chi connectivity index (χ0n) is 13.5. The third kappa shape index (κ3) is 3.67. The van der Waals surface area contributed by atoms with Crippen LogP contribution >= 0.6 is 0 Å². The zero-order chi connectivity index (χ0) is 16.8. The van der Waals surface area contributed by atoms with Gasteiger partial charge in [-0.05, 0) is 40.4 Å². The van der Waals surface area contributed by atoms with E-state index in [4.69, 9.17) is 0 Å². The predicted octanol–water partition coefficient (Wildman–Crippen LogP) is -0.296. The van der Waals surface area contributed by atoms with Crippen molar-refractivity contribution in [2.75, 3.05) is 19.6 Å². The van der Waals surface area contributed by atoms with Gasteiger partial charge in [-0.3, -0.25) is 0 Å². The van der Waals surface area contributed by atoms with Gasteiger partial charge in [0.2, 0.25) is 11.6 Å². The van der Waals surface area contributed by atoms with Crippen LogP contribution in [-0.2, 0) is 11.3 Å². The maximum atomic E-state index is 11.3. The fourth-order valence-corrected chi connectivity index (χ4v) is 2.29. The lowest BCUT2D eigenvalue weighted by Crippen LogP contribution is -2.28. The van der Waals surface area contributed by atoms with Crippen molar-refractivity contribution in [1.29, 1.82) is 0 Å². The normalized spacial score (nSPS) is 12.7. The fraction of sp³-hybridized carbons (Fsp3) is 0.750. The molecule has 0 aliphatic rings. The third-order valence-corrected chi connectivity index (χ3v) is 3.71. The summed E-state index contributed by atoms with van der Waals surface area (Å²) in [6.07, 6.45) is 0.356. The number of hydrogen-bond donors (Lipinski definition) is 1. The van der Waals surface area contributed by atoms with Gasteiger partial charge in [0.25, 0.3) is 0 Å². The van der Waals surface area contributed by atoms with Crippen LogP contribution in [0.4, 0.5) is 0 Å². The molecule has 11 nitrogen and oxygen atoms in total. The van der Waals surface area contributed by atoms with Crippen molar-refractivity contribution >= 4 is 5.97 Å². The first kappa shape index (κ1) is 16.9. The number of tetrazole rings is 2. The van der Waals surface area contributed by atoms with Crippen LogP contribution in [0.3, 0.4) is 0 Å². The number of rotatable bonds is 9. The van der Waals surface area contributed by atoms with E-state index in [1.165, 1.54) is 4.68 Å². The minimum atomic E-state index is -0.997. The molecule has 11 heteroatoms. The van der Waals surface area contributed by atoms with Gasteiger partial charge in [-0.1, -0.05) is 20.8 Å². The van der Waals surface area contributed by atoms with Crippen molar-refractivity contribution in [3.05, 3.63) is 0 Å². The Kier molecular flexibility index (Phi) is 5.68. The largest absolute Gasteiger partial charge is 0.480 e. The lowest BCUT2D eigenvalue weighted by Gasteiger charge is -2.17. The molecule has 0 aromatic carbocycles. The summed E-state index contributed by atoms with van der Waals surface area (Å²) in [6, 6.07) is -0.854. The fourth-order valence-electron chi connectivity index (χ4n) is 2.29. The summed E-state index contributed by atoms with van der Waals surface area (Å²) >= 11 is 0. The quantitative estimate of drug-likeness (QED) is 0.661. The second-order valence-electron chi connectivity index (χ2n) is 4.96. The van der Waals surface area contributed by atoms with Gasteiger partial charge in [0.05, 0.1) is 6.54 Å². The third-order valence-electron chi connectivity index (χ3n) is 3.71. The Morgan fingerprint density at radius 1 is 1.13 bits per heavy atom. The summed E-state index contributed by atoms with van der Waals surface area (Å²) in [4.78, 5) is 13.6. The summed E-state index contributed by atoms with van der Waals surface area (Å²) in [5, 5.41) is 32.1. The Hall–Kier alpha value is -2.43. The minimum Gasteiger partial charge on any atom is -0.480 e. The molecule has 0 aliphatic carbocycles. The molecular formula is C12H21N9O2. The summed E-state index contributed by atoms with van der Waals surface area (Å²) in [5.41, 5.74) is 0. The van der Waals surface area contributed by atoms with Crippen molar-refractivity contribution in [1.82, 2.24) is 45.3 Å². The lowest BCUT2D eigenvalue weighted by molar-refractivity contribution is -0.141. The molecule has 0 aliphatic heterocycles. The average Bonchev–Trinajstić information content (AvgIpc) is 3.17. The van der Waals surface area contributed by atoms with Crippen LogP contribution in [0, 0.1) is 0 Å². The second-order valence-corrected chi connectivity index (χ2v) is 4.96. The number of carboxylic acid groups (broad SMARTS) is 1. The van der Waals surface area contributed by atoms with Gasteiger partial charge in [-0.25, -0.2) is 14.2 Å². The molecule has 2 aromatic rings. The van der Waals surface area contributed by atoms with E-state index in [1.54, 1.807) is 11.6 Å². The SMILES string of the molecule is CCC(C(=O)O)n1nnnc1-c1nnnn1CCN(CC)CC. The van der Waals surface area contributed by atoms with Gasteiger partial charge in [0.15, 0.2) is 6.04 Å². The Labute approximate surface area is 133 Å². The van der Waals surface area contributed by atoms with Gasteiger partial charge in [-0.2, -0.15) is 0 Å². The van der Waals surface area contributed by atoms with Crippen LogP contribution in [0.2, 0.25) is 0 Å². The maximum Gasteiger partial charge on any atom is 0.328 e. The number of carboxylic acids is 1. The number of likely N-dealkylation sites (N-methyl/N-ethyl adjacent to an activating group) is 1. The molecular weight excluding hydrogens is 302 g/mol. The van der Waals surface area contributed by atoms with E-state index in [2.05, 4.69) is 49.8 Å². The van der Waals surface area contributed by atoms with Crippen molar-refractivity contribution in [2.45, 2.75) is 39.8 Å². The molecule has 0 radical (unpaired) electrons. The molecule has 0 amide bonds. The Morgan fingerprint density at radius 2 is 1.78 bits per heavy atom. The molecule has 0 bridgehead atoms. The van der Waals surface area contributed by atoms with E-state index in [-0.39, 0.29) is 5.82 Å². The number of carbonyl (C=O) groups is 1. The molecule has 1 N–H and O–H groups in total. The van der Waals surface area contributed by atoms with Crippen molar-refractivity contribution in [3.8, 4) is 11.6 Å². The maximum absolute atomic E-state index is 11.3. The number of nitrogens with zero attached hydrogens (tertiary/aromatic N) is 9. The van der Waals surface area contributed by atoms with E-state index < -0.39 is 12.0 Å². The minimum absolute atomic E-state index is 0.254. The molecule has 0 fully saturated rings. The van der Waals surface area contributed by atoms with Crippen molar-refractivity contribution in [3.63, 3.8) is 0 Å². The molecule has 23 heavy (non-hydrogen) atoms. The first-order valence-electron chi connectivity index (χ1n) is 7.61. The van der Waals surface area contributed by atoms with E-state index in [0.29, 0.717) is 18.8 Å². The Balaban J connectivity index is 2.26. The smallest absolute Gasteiger partial charge is 0.328 e. The van der Waals surface area contributed by atoms with Crippen LogP contribution in [-0.4, -0.2) is 76.0 Å². The second kappa shape index (κ2) is 7.72. The Morgan fingerprint density at radius 3 is 2.39 bits per heavy atom. The zero-order valence-corrected chi connectivity index (χ0v) is 13.5. The highest BCUT2D eigenvalue weighted by Gasteiger charge is 2.26. The molecule has 2 heterocycles. The molecule has 126 valence electrons. The highest BCUT2D eigenvalue weighted by molar-refractivity contribution is 5.72. The van der Waals surface area contributed by atoms with E-state index in [0.717, 1.165) is 19.6 Å². The molecule has 1 unspecified atom stereocenters. The number of aliphatic carboxylic acids is 1. The summed E-state index contributed by atoms with van der Waals surface area (Å²) in [7, 11) is 0. The van der Waals surface area contributed by atoms with Crippen LogP contribution in [0.1, 0.15) is 33.2 Å². The molecule has 2 rings (SSSR count). The van der Waals surface area contributed by atoms with Crippen molar-refractivity contribution in [2.24, 2.45) is 0 Å². The van der Waals surface area contributed by atoms with Gasteiger partial charge >= 0.3 is 5.97 Å². The average molecular weight is 323 g/mol. The van der Waals surface area contributed by atoms with Gasteiger partial charge in [-0.15, -0.1) is 10.2 Å². The van der Waals surface area contributed by atoms with Crippen LogP contribution < -0.4 is 0 Å². The standard InChI is InChI=1S/C12H21N9O2/c1-4-9(12(22)23)21-11(14-16-18-21)10-13-15-17-20(10)8-7-19(5-2)6-3/h9H,4-8H2,1-3H3,(H,22,23). The summed E-state index contributed by atoms with van der Waals surface area (Å²) in [6.45, 7) is 9.15. The summed E-state index contributed by atoms with van der Waals surface area (Å²) in [5.74, 6) is -0.381. The first-order valence-corrected chi connectivity index (χ1v) is 7.61. The highest BCUT2D eigenvalue weighted by Crippen LogP contribution is 2.18. The monoisotopic (exact) mass is 323 g/mol. The number of hydrogen-bond acceptors (Lipinski definition) is 8. The van der Waals surface area contributed by atoms with Crippen molar-refractivity contribution < 1.29 is 9.90 Å². The van der Waals surface area contributed by atoms with Crippen LogP contribution in [0.25, 0.3) is 11.6 Å². The van der Waals surface area contributed by atoms with Gasteiger partial charge < -0.3 is 10.0 Å². The van der Waals surface area contributed by atoms with Crippen LogP contribution in [0.5, 0.6) is 0 Å². The predicted molar refractivity (Wildman–Crippen MR) is 79.4 cm³/mol. The molecule has 1 atom stereocenters. The molecule has 0 spiro atoms. The lowest BCUT2D eigenvalue weighted by atomic mass is 10.2. The van der Waals surface area contributed by atoms with E-state index >= 15 is 0 Å². The number of aromatic nitrogens is 8. The van der Waals surface area contributed by atoms with Gasteiger partial charge in [0.1, 0.15) is 0 Å². The molecule has 2 aromatic heterocycles. The van der Waals surface area contributed by atoms with Crippen LogP contribution in [0.15, 0.2) is 0 Å². The molecule has 0 saturated heterocycles. The first-order chi connectivity index (χ1) is 11.1. The topological polar surface area (TPSA) is 128 Å². The Bertz CT molecular complexity index is 634. The molecule has 0 saturated carbocycles.